The van der Waals surface area contributed by atoms with Crippen molar-refractivity contribution >= 4 is 6.09 Å². The minimum atomic E-state index is -0.413. The maximum Gasteiger partial charge on any atom is 0.410 e. The van der Waals surface area contributed by atoms with Crippen molar-refractivity contribution in [2.24, 2.45) is 5.92 Å². The summed E-state index contributed by atoms with van der Waals surface area (Å²) in [6.07, 6.45) is 4.23. The summed E-state index contributed by atoms with van der Waals surface area (Å²) in [5, 5.41) is 0. The minimum Gasteiger partial charge on any atom is -0.444 e. The molecule has 1 aliphatic rings. The highest BCUT2D eigenvalue weighted by Crippen LogP contribution is 2.23. The lowest BCUT2D eigenvalue weighted by Crippen LogP contribution is -2.41. The molecule has 1 heterocycles. The van der Waals surface area contributed by atoms with Crippen LogP contribution in [0, 0.1) is 5.92 Å². The molecular formula is C20H31NO3. The average Bonchev–Trinajstić information content (AvgIpc) is 2.54. The van der Waals surface area contributed by atoms with Gasteiger partial charge in [-0.3, -0.25) is 0 Å². The van der Waals surface area contributed by atoms with E-state index in [-0.39, 0.29) is 6.09 Å². The van der Waals surface area contributed by atoms with Crippen molar-refractivity contribution in [2.45, 2.75) is 58.7 Å². The normalized spacial score (nSPS) is 16.2. The Balaban J connectivity index is 1.56. The van der Waals surface area contributed by atoms with Gasteiger partial charge in [0.2, 0.25) is 0 Å². The van der Waals surface area contributed by atoms with Gasteiger partial charge >= 0.3 is 6.09 Å². The molecule has 1 saturated heterocycles. The smallest absolute Gasteiger partial charge is 0.410 e. The first-order valence-electron chi connectivity index (χ1n) is 9.03. The van der Waals surface area contributed by atoms with Crippen molar-refractivity contribution < 1.29 is 14.3 Å². The van der Waals surface area contributed by atoms with Crippen LogP contribution in [0.5, 0.6) is 0 Å². The van der Waals surface area contributed by atoms with Gasteiger partial charge in [0.15, 0.2) is 0 Å². The molecule has 1 fully saturated rings. The number of carbonyl (C=O) groups is 1. The number of benzene rings is 1. The van der Waals surface area contributed by atoms with Crippen LogP contribution in [0.25, 0.3) is 0 Å². The molecule has 0 aliphatic carbocycles. The van der Waals surface area contributed by atoms with E-state index in [4.69, 9.17) is 9.47 Å². The van der Waals surface area contributed by atoms with Crippen molar-refractivity contribution in [3.8, 4) is 0 Å². The zero-order valence-corrected chi connectivity index (χ0v) is 15.3. The summed E-state index contributed by atoms with van der Waals surface area (Å²) < 4.78 is 11.2. The Labute approximate surface area is 146 Å². The lowest BCUT2D eigenvalue weighted by Gasteiger charge is -2.33. The number of likely N-dealkylation sites (tertiary alicyclic amines) is 1. The Morgan fingerprint density at radius 2 is 1.83 bits per heavy atom. The summed E-state index contributed by atoms with van der Waals surface area (Å²) >= 11 is 0. The van der Waals surface area contributed by atoms with Gasteiger partial charge in [-0.2, -0.15) is 0 Å². The molecule has 0 aromatic heterocycles. The van der Waals surface area contributed by atoms with Crippen LogP contribution in [0.3, 0.4) is 0 Å². The number of piperidine rings is 1. The van der Waals surface area contributed by atoms with Crippen molar-refractivity contribution in [1.82, 2.24) is 4.90 Å². The molecule has 1 amide bonds. The molecule has 0 radical (unpaired) electrons. The van der Waals surface area contributed by atoms with Gasteiger partial charge in [0, 0.05) is 19.7 Å². The van der Waals surface area contributed by atoms with Gasteiger partial charge in [-0.15, -0.1) is 0 Å². The molecule has 0 saturated carbocycles. The maximum absolute atomic E-state index is 12.0. The van der Waals surface area contributed by atoms with E-state index in [0.29, 0.717) is 12.5 Å². The van der Waals surface area contributed by atoms with Crippen molar-refractivity contribution in [1.29, 1.82) is 0 Å². The van der Waals surface area contributed by atoms with Gasteiger partial charge < -0.3 is 14.4 Å². The van der Waals surface area contributed by atoms with E-state index >= 15 is 0 Å². The fraction of sp³-hybridized carbons (Fsp3) is 0.650. The Kier molecular flexibility index (Phi) is 7.10. The molecule has 0 unspecified atom stereocenters. The average molecular weight is 333 g/mol. The van der Waals surface area contributed by atoms with E-state index in [1.54, 1.807) is 0 Å². The lowest BCUT2D eigenvalue weighted by atomic mass is 9.92. The molecule has 1 aromatic rings. The van der Waals surface area contributed by atoms with E-state index in [1.807, 2.05) is 43.9 Å². The Morgan fingerprint density at radius 1 is 1.17 bits per heavy atom. The predicted molar refractivity (Wildman–Crippen MR) is 95.9 cm³/mol. The van der Waals surface area contributed by atoms with Gasteiger partial charge in [0.1, 0.15) is 5.60 Å². The summed E-state index contributed by atoms with van der Waals surface area (Å²) in [5.74, 6) is 0.698. The molecule has 2 rings (SSSR count). The lowest BCUT2D eigenvalue weighted by molar-refractivity contribution is 0.0176. The molecule has 0 bridgehead atoms. The third kappa shape index (κ3) is 6.91. The Bertz CT molecular complexity index is 487. The van der Waals surface area contributed by atoms with Crippen molar-refractivity contribution in [3.63, 3.8) is 0 Å². The summed E-state index contributed by atoms with van der Waals surface area (Å²) in [6.45, 7) is 8.85. The molecule has 1 aliphatic heterocycles. The number of rotatable bonds is 6. The molecule has 0 N–H and O–H groups in total. The number of nitrogens with zero attached hydrogens (tertiary/aromatic N) is 1. The van der Waals surface area contributed by atoms with Gasteiger partial charge in [-0.1, -0.05) is 30.3 Å². The van der Waals surface area contributed by atoms with E-state index in [1.165, 1.54) is 12.0 Å². The second-order valence-corrected chi connectivity index (χ2v) is 7.59. The molecule has 24 heavy (non-hydrogen) atoms. The fourth-order valence-electron chi connectivity index (χ4n) is 2.97. The highest BCUT2D eigenvalue weighted by molar-refractivity contribution is 5.68. The highest BCUT2D eigenvalue weighted by Gasteiger charge is 2.26. The Hall–Kier alpha value is -1.55. The highest BCUT2D eigenvalue weighted by atomic mass is 16.6. The van der Waals surface area contributed by atoms with E-state index in [0.717, 1.165) is 39.0 Å². The minimum absolute atomic E-state index is 0.174. The molecule has 4 nitrogen and oxygen atoms in total. The molecule has 1 aromatic carbocycles. The monoisotopic (exact) mass is 333 g/mol. The van der Waals surface area contributed by atoms with Crippen molar-refractivity contribution in [3.05, 3.63) is 35.9 Å². The SMILES string of the molecule is CC(C)(C)OC(=O)N1CCC(CCCOCc2ccccc2)CC1. The maximum atomic E-state index is 12.0. The zero-order chi connectivity index (χ0) is 17.4. The van der Waals surface area contributed by atoms with E-state index in [9.17, 15) is 4.79 Å². The van der Waals surface area contributed by atoms with Gasteiger partial charge in [0.25, 0.3) is 0 Å². The molecule has 134 valence electrons. The number of hydrogen-bond acceptors (Lipinski definition) is 3. The number of ether oxygens (including phenoxy) is 2. The largest absolute Gasteiger partial charge is 0.444 e. The van der Waals surface area contributed by atoms with E-state index in [2.05, 4.69) is 12.1 Å². The topological polar surface area (TPSA) is 38.8 Å². The standard InChI is InChI=1S/C20H31NO3/c1-20(2,3)24-19(22)21-13-11-17(12-14-21)10-7-15-23-16-18-8-5-4-6-9-18/h4-6,8-9,17H,7,10-16H2,1-3H3. The van der Waals surface area contributed by atoms with E-state index < -0.39 is 5.60 Å². The van der Waals surface area contributed by atoms with Crippen LogP contribution >= 0.6 is 0 Å². The summed E-state index contributed by atoms with van der Waals surface area (Å²) in [6, 6.07) is 10.3. The third-order valence-corrected chi connectivity index (χ3v) is 4.28. The molecule has 4 heteroatoms. The summed E-state index contributed by atoms with van der Waals surface area (Å²) in [7, 11) is 0. The first kappa shape index (κ1) is 18.8. The quantitative estimate of drug-likeness (QED) is 0.712. The number of carbonyl (C=O) groups excluding carboxylic acids is 1. The van der Waals surface area contributed by atoms with Crippen LogP contribution in [-0.2, 0) is 16.1 Å². The molecular weight excluding hydrogens is 302 g/mol. The number of amides is 1. The first-order chi connectivity index (χ1) is 11.4. The molecule has 0 spiro atoms. The predicted octanol–water partition coefficient (Wildman–Crippen LogP) is 4.63. The third-order valence-electron chi connectivity index (χ3n) is 4.28. The van der Waals surface area contributed by atoms with Crippen LogP contribution in [-0.4, -0.2) is 36.3 Å². The van der Waals surface area contributed by atoms with Crippen LogP contribution in [0.15, 0.2) is 30.3 Å². The Morgan fingerprint density at radius 3 is 2.46 bits per heavy atom. The van der Waals surface area contributed by atoms with Crippen LogP contribution in [0.2, 0.25) is 0 Å². The fourth-order valence-corrected chi connectivity index (χ4v) is 2.97. The molecule has 0 atom stereocenters. The second kappa shape index (κ2) is 9.07. The first-order valence-corrected chi connectivity index (χ1v) is 9.03. The zero-order valence-electron chi connectivity index (χ0n) is 15.3. The van der Waals surface area contributed by atoms with Crippen molar-refractivity contribution in [2.75, 3.05) is 19.7 Å². The van der Waals surface area contributed by atoms with Crippen LogP contribution in [0.1, 0.15) is 52.0 Å². The second-order valence-electron chi connectivity index (χ2n) is 7.59. The van der Waals surface area contributed by atoms with Gasteiger partial charge in [0.05, 0.1) is 6.61 Å². The van der Waals surface area contributed by atoms with Crippen LogP contribution < -0.4 is 0 Å². The summed E-state index contributed by atoms with van der Waals surface area (Å²) in [5.41, 5.74) is 0.812. The van der Waals surface area contributed by atoms with Crippen LogP contribution in [0.4, 0.5) is 4.79 Å². The van der Waals surface area contributed by atoms with Gasteiger partial charge in [-0.05, 0) is 57.9 Å². The number of hydrogen-bond donors (Lipinski definition) is 0. The van der Waals surface area contributed by atoms with Gasteiger partial charge in [-0.25, -0.2) is 4.79 Å². The summed E-state index contributed by atoms with van der Waals surface area (Å²) in [4.78, 5) is 13.9.